The van der Waals surface area contributed by atoms with Crippen LogP contribution in [0.15, 0.2) is 24.5 Å². The van der Waals surface area contributed by atoms with Gasteiger partial charge in [0.25, 0.3) is 0 Å². The summed E-state index contributed by atoms with van der Waals surface area (Å²) in [7, 11) is 0. The van der Waals surface area contributed by atoms with Crippen molar-refractivity contribution in [2.75, 3.05) is 13.1 Å². The fraction of sp³-hybridized carbons (Fsp3) is 0.583. The molecule has 2 rings (SSSR count). The minimum atomic E-state index is 0.948. The Morgan fingerprint density at radius 1 is 1.57 bits per heavy atom. The van der Waals surface area contributed by atoms with Crippen molar-refractivity contribution < 1.29 is 0 Å². The van der Waals surface area contributed by atoms with Crippen molar-refractivity contribution in [3.63, 3.8) is 0 Å². The molecule has 2 heteroatoms. The van der Waals surface area contributed by atoms with Crippen LogP contribution in [0.25, 0.3) is 0 Å². The van der Waals surface area contributed by atoms with E-state index < -0.39 is 0 Å². The molecule has 0 spiro atoms. The lowest BCUT2D eigenvalue weighted by molar-refractivity contribution is 0.612. The summed E-state index contributed by atoms with van der Waals surface area (Å²) in [5.74, 6) is 1.91. The standard InChI is InChI=1S/C12H18N2/c1-10-7-12(10)9-14-6-4-11-3-2-5-13-8-11/h2-3,5,8,10,12,14H,4,6-7,9H2,1H3. The second-order valence-electron chi connectivity index (χ2n) is 4.29. The molecule has 1 heterocycles. The Balaban J connectivity index is 1.59. The minimum absolute atomic E-state index is 0.948. The van der Waals surface area contributed by atoms with Crippen molar-refractivity contribution in [2.24, 2.45) is 11.8 Å². The first-order valence-electron chi connectivity index (χ1n) is 5.46. The van der Waals surface area contributed by atoms with E-state index >= 15 is 0 Å². The highest BCUT2D eigenvalue weighted by atomic mass is 14.9. The Hall–Kier alpha value is -0.890. The van der Waals surface area contributed by atoms with Gasteiger partial charge in [0, 0.05) is 12.4 Å². The molecule has 1 aromatic heterocycles. The predicted octanol–water partition coefficient (Wildman–Crippen LogP) is 1.87. The zero-order chi connectivity index (χ0) is 9.80. The van der Waals surface area contributed by atoms with Gasteiger partial charge in [-0.3, -0.25) is 4.98 Å². The molecule has 0 aliphatic heterocycles. The average molecular weight is 190 g/mol. The van der Waals surface area contributed by atoms with Crippen LogP contribution in [0.4, 0.5) is 0 Å². The fourth-order valence-electron chi connectivity index (χ4n) is 1.75. The van der Waals surface area contributed by atoms with Gasteiger partial charge >= 0.3 is 0 Å². The van der Waals surface area contributed by atoms with Crippen LogP contribution in [0.1, 0.15) is 18.9 Å². The van der Waals surface area contributed by atoms with Crippen LogP contribution < -0.4 is 5.32 Å². The average Bonchev–Trinajstić information content (AvgIpc) is 2.91. The third-order valence-electron chi connectivity index (χ3n) is 3.00. The number of hydrogen-bond acceptors (Lipinski definition) is 2. The Labute approximate surface area is 85.7 Å². The molecule has 1 aliphatic carbocycles. The molecule has 2 nitrogen and oxygen atoms in total. The molecule has 1 saturated carbocycles. The molecule has 0 radical (unpaired) electrons. The quantitative estimate of drug-likeness (QED) is 0.717. The van der Waals surface area contributed by atoms with Crippen LogP contribution >= 0.6 is 0 Å². The number of rotatable bonds is 5. The zero-order valence-corrected chi connectivity index (χ0v) is 8.74. The maximum absolute atomic E-state index is 4.10. The Bertz CT molecular complexity index is 271. The van der Waals surface area contributed by atoms with E-state index in [0.29, 0.717) is 0 Å². The van der Waals surface area contributed by atoms with Gasteiger partial charge in [-0.05, 0) is 49.4 Å². The Morgan fingerprint density at radius 2 is 2.43 bits per heavy atom. The molecular formula is C12H18N2. The Kier molecular flexibility index (Phi) is 3.14. The highest BCUT2D eigenvalue weighted by Gasteiger charge is 2.31. The molecule has 2 unspecified atom stereocenters. The van der Waals surface area contributed by atoms with Crippen LogP contribution in [0.5, 0.6) is 0 Å². The van der Waals surface area contributed by atoms with Crippen molar-refractivity contribution in [2.45, 2.75) is 19.8 Å². The molecule has 1 fully saturated rings. The normalized spacial score (nSPS) is 24.9. The molecule has 14 heavy (non-hydrogen) atoms. The summed E-state index contributed by atoms with van der Waals surface area (Å²) in [5.41, 5.74) is 1.32. The number of nitrogens with zero attached hydrogens (tertiary/aromatic N) is 1. The molecule has 2 atom stereocenters. The van der Waals surface area contributed by atoms with Crippen LogP contribution in [0.2, 0.25) is 0 Å². The summed E-state index contributed by atoms with van der Waals surface area (Å²) >= 11 is 0. The van der Waals surface area contributed by atoms with E-state index in [1.54, 1.807) is 0 Å². The second kappa shape index (κ2) is 4.56. The topological polar surface area (TPSA) is 24.9 Å². The van der Waals surface area contributed by atoms with Crippen molar-refractivity contribution in [3.05, 3.63) is 30.1 Å². The van der Waals surface area contributed by atoms with Gasteiger partial charge in [-0.1, -0.05) is 13.0 Å². The van der Waals surface area contributed by atoms with E-state index in [1.807, 2.05) is 18.5 Å². The summed E-state index contributed by atoms with van der Waals surface area (Å²) < 4.78 is 0. The molecule has 0 saturated heterocycles. The van der Waals surface area contributed by atoms with Crippen molar-refractivity contribution >= 4 is 0 Å². The molecule has 1 aliphatic rings. The lowest BCUT2D eigenvalue weighted by Gasteiger charge is -2.03. The van der Waals surface area contributed by atoms with Crippen LogP contribution in [0.3, 0.4) is 0 Å². The van der Waals surface area contributed by atoms with E-state index in [0.717, 1.165) is 24.8 Å². The van der Waals surface area contributed by atoms with Gasteiger partial charge in [0.1, 0.15) is 0 Å². The van der Waals surface area contributed by atoms with E-state index in [1.165, 1.54) is 18.5 Å². The summed E-state index contributed by atoms with van der Waals surface area (Å²) in [6.07, 6.45) is 6.28. The minimum Gasteiger partial charge on any atom is -0.316 e. The lowest BCUT2D eigenvalue weighted by atomic mass is 10.2. The van der Waals surface area contributed by atoms with Crippen LogP contribution in [-0.4, -0.2) is 18.1 Å². The van der Waals surface area contributed by atoms with Crippen molar-refractivity contribution in [3.8, 4) is 0 Å². The number of nitrogens with one attached hydrogen (secondary N) is 1. The first-order chi connectivity index (χ1) is 6.86. The third-order valence-corrected chi connectivity index (χ3v) is 3.00. The second-order valence-corrected chi connectivity index (χ2v) is 4.29. The third kappa shape index (κ3) is 2.81. The lowest BCUT2D eigenvalue weighted by Crippen LogP contribution is -2.20. The smallest absolute Gasteiger partial charge is 0.0300 e. The molecule has 0 aromatic carbocycles. The van der Waals surface area contributed by atoms with Crippen molar-refractivity contribution in [1.29, 1.82) is 0 Å². The first-order valence-corrected chi connectivity index (χ1v) is 5.46. The van der Waals surface area contributed by atoms with Gasteiger partial charge < -0.3 is 5.32 Å². The molecule has 0 amide bonds. The summed E-state index contributed by atoms with van der Waals surface area (Å²) in [6.45, 7) is 4.60. The van der Waals surface area contributed by atoms with Gasteiger partial charge in [-0.2, -0.15) is 0 Å². The largest absolute Gasteiger partial charge is 0.316 e. The molecular weight excluding hydrogens is 172 g/mol. The van der Waals surface area contributed by atoms with Crippen LogP contribution in [0, 0.1) is 11.8 Å². The van der Waals surface area contributed by atoms with E-state index in [2.05, 4.69) is 23.3 Å². The first kappa shape index (κ1) is 9.66. The van der Waals surface area contributed by atoms with Gasteiger partial charge in [0.2, 0.25) is 0 Å². The van der Waals surface area contributed by atoms with E-state index in [4.69, 9.17) is 0 Å². The summed E-state index contributed by atoms with van der Waals surface area (Å²) in [4.78, 5) is 4.10. The predicted molar refractivity (Wildman–Crippen MR) is 58.1 cm³/mol. The number of aromatic nitrogens is 1. The van der Waals surface area contributed by atoms with Gasteiger partial charge in [0.05, 0.1) is 0 Å². The number of hydrogen-bond donors (Lipinski definition) is 1. The fourth-order valence-corrected chi connectivity index (χ4v) is 1.75. The highest BCUT2D eigenvalue weighted by molar-refractivity contribution is 5.08. The monoisotopic (exact) mass is 190 g/mol. The van der Waals surface area contributed by atoms with Crippen molar-refractivity contribution in [1.82, 2.24) is 10.3 Å². The SMILES string of the molecule is CC1CC1CNCCc1cccnc1. The van der Waals surface area contributed by atoms with Crippen LogP contribution in [-0.2, 0) is 6.42 Å². The molecule has 1 N–H and O–H groups in total. The highest BCUT2D eigenvalue weighted by Crippen LogP contribution is 2.36. The van der Waals surface area contributed by atoms with E-state index in [-0.39, 0.29) is 0 Å². The molecule has 0 bridgehead atoms. The number of pyridine rings is 1. The van der Waals surface area contributed by atoms with Gasteiger partial charge in [-0.15, -0.1) is 0 Å². The van der Waals surface area contributed by atoms with Gasteiger partial charge in [0.15, 0.2) is 0 Å². The van der Waals surface area contributed by atoms with Gasteiger partial charge in [-0.25, -0.2) is 0 Å². The maximum atomic E-state index is 4.10. The summed E-state index contributed by atoms with van der Waals surface area (Å²) in [5, 5.41) is 3.50. The Morgan fingerprint density at radius 3 is 3.07 bits per heavy atom. The maximum Gasteiger partial charge on any atom is 0.0300 e. The van der Waals surface area contributed by atoms with E-state index in [9.17, 15) is 0 Å². The summed E-state index contributed by atoms with van der Waals surface area (Å²) in [6, 6.07) is 4.13. The zero-order valence-electron chi connectivity index (χ0n) is 8.74. The molecule has 76 valence electrons. The molecule has 1 aromatic rings.